The number of nitrogens with zero attached hydrogens (tertiary/aromatic N) is 1. The highest BCUT2D eigenvalue weighted by Gasteiger charge is 2.26. The predicted octanol–water partition coefficient (Wildman–Crippen LogP) is 13.4. The van der Waals surface area contributed by atoms with Crippen LogP contribution in [0.25, 0.3) is 87.0 Å². The molecule has 10 rings (SSSR count). The lowest BCUT2D eigenvalue weighted by molar-refractivity contribution is 0.444. The molecule has 236 valence electrons. The third kappa shape index (κ3) is 4.31. The zero-order valence-corrected chi connectivity index (χ0v) is 27.3. The molecule has 0 radical (unpaired) electrons. The zero-order chi connectivity index (χ0) is 32.8. The number of halogens is 2. The van der Waals surface area contributed by atoms with Gasteiger partial charge < -0.3 is 0 Å². The molecule has 0 bridgehead atoms. The van der Waals surface area contributed by atoms with Gasteiger partial charge in [0.2, 0.25) is 5.95 Å². The van der Waals surface area contributed by atoms with Crippen LogP contribution < -0.4 is 0 Å². The lowest BCUT2D eigenvalue weighted by Crippen LogP contribution is -2.04. The first kappa shape index (κ1) is 28.6. The average Bonchev–Trinajstić information content (AvgIpc) is 3.13. The molecule has 3 heteroatoms. The monoisotopic (exact) mass is 637 g/mol. The van der Waals surface area contributed by atoms with Crippen LogP contribution in [0, 0.1) is 18.7 Å². The van der Waals surface area contributed by atoms with Crippen LogP contribution in [-0.4, -0.2) is 4.98 Å². The second-order valence-corrected chi connectivity index (χ2v) is 14.0. The largest absolute Gasteiger partial charge is 0.220 e. The van der Waals surface area contributed by atoms with Gasteiger partial charge >= 0.3 is 0 Å². The number of rotatable bonds is 3. The Kier molecular flexibility index (Phi) is 6.30. The van der Waals surface area contributed by atoms with E-state index < -0.39 is 5.95 Å². The molecule has 8 aromatic carbocycles. The summed E-state index contributed by atoms with van der Waals surface area (Å²) in [6, 6.07) is 39.5. The molecule has 1 fully saturated rings. The van der Waals surface area contributed by atoms with Crippen molar-refractivity contribution in [2.24, 2.45) is 0 Å². The van der Waals surface area contributed by atoms with Crippen LogP contribution in [-0.2, 0) is 0 Å². The maximum absolute atomic E-state index is 15.7. The molecule has 0 N–H and O–H groups in total. The van der Waals surface area contributed by atoms with Crippen molar-refractivity contribution < 1.29 is 8.78 Å². The van der Waals surface area contributed by atoms with E-state index in [1.165, 1.54) is 43.7 Å². The first-order valence-corrected chi connectivity index (χ1v) is 17.5. The molecule has 0 atom stereocenters. The van der Waals surface area contributed by atoms with E-state index in [0.29, 0.717) is 17.0 Å². The Bertz CT molecular complexity index is 2770. The van der Waals surface area contributed by atoms with Crippen molar-refractivity contribution >= 4 is 64.6 Å². The van der Waals surface area contributed by atoms with Crippen molar-refractivity contribution in [3.05, 3.63) is 138 Å². The lowest BCUT2D eigenvalue weighted by atomic mass is 9.79. The Labute approximate surface area is 283 Å². The van der Waals surface area contributed by atoms with Crippen molar-refractivity contribution in [3.63, 3.8) is 0 Å². The zero-order valence-electron chi connectivity index (χ0n) is 27.3. The highest BCUT2D eigenvalue weighted by atomic mass is 19.1. The third-order valence-corrected chi connectivity index (χ3v) is 11.1. The Hall–Kier alpha value is -5.41. The van der Waals surface area contributed by atoms with Gasteiger partial charge in [-0.05, 0) is 127 Å². The topological polar surface area (TPSA) is 12.9 Å². The molecule has 9 aromatic rings. The second kappa shape index (κ2) is 10.8. The minimum Gasteiger partial charge on any atom is -0.220 e. The van der Waals surface area contributed by atoms with Gasteiger partial charge in [-0.15, -0.1) is 0 Å². The second-order valence-electron chi connectivity index (χ2n) is 14.0. The number of aryl methyl sites for hydroxylation is 1. The van der Waals surface area contributed by atoms with Crippen LogP contribution in [0.5, 0.6) is 0 Å². The van der Waals surface area contributed by atoms with Crippen LogP contribution in [0.2, 0.25) is 0 Å². The maximum atomic E-state index is 15.7. The molecule has 0 saturated heterocycles. The summed E-state index contributed by atoms with van der Waals surface area (Å²) in [4.78, 5) is 4.58. The molecule has 0 unspecified atom stereocenters. The molecule has 49 heavy (non-hydrogen) atoms. The average molecular weight is 638 g/mol. The highest BCUT2D eigenvalue weighted by molar-refractivity contribution is 6.41. The number of hydrogen-bond donors (Lipinski definition) is 0. The third-order valence-electron chi connectivity index (χ3n) is 11.1. The fraction of sp³-hybridized carbons (Fsp3) is 0.152. The molecule has 1 heterocycles. The highest BCUT2D eigenvalue weighted by Crippen LogP contribution is 2.52. The van der Waals surface area contributed by atoms with Crippen molar-refractivity contribution in [3.8, 4) is 22.4 Å². The van der Waals surface area contributed by atoms with E-state index in [9.17, 15) is 0 Å². The molecular formula is C46H33F2N. The smallest absolute Gasteiger partial charge is 0.213 e. The van der Waals surface area contributed by atoms with Gasteiger partial charge in [-0.3, -0.25) is 0 Å². The van der Waals surface area contributed by atoms with Crippen LogP contribution in [0.3, 0.4) is 0 Å². The summed E-state index contributed by atoms with van der Waals surface area (Å²) in [6.45, 7) is 1.92. The van der Waals surface area contributed by atoms with E-state index in [4.69, 9.17) is 0 Å². The van der Waals surface area contributed by atoms with Crippen molar-refractivity contribution in [2.75, 3.05) is 0 Å². The van der Waals surface area contributed by atoms with Gasteiger partial charge in [-0.2, -0.15) is 4.39 Å². The minimum absolute atomic E-state index is 0.228. The number of pyridine rings is 1. The molecular weight excluding hydrogens is 605 g/mol. The van der Waals surface area contributed by atoms with Crippen LogP contribution in [0.15, 0.2) is 115 Å². The van der Waals surface area contributed by atoms with Gasteiger partial charge in [0.15, 0.2) is 0 Å². The molecule has 1 aliphatic carbocycles. The van der Waals surface area contributed by atoms with Crippen molar-refractivity contribution in [1.29, 1.82) is 0 Å². The standard InChI is InChI=1S/C46H33F2N/c1-26-21-39(49-40(48)22-26)44-37-25-31-12-6-5-11-30(31)24-36(37)42(32-15-7-14-29(23-32)27-9-3-2-4-10-27)45-35-19-20-38(47)33-18-17-28-13-8-16-34(46(44)45)41(28)43(33)35/h5-8,11-25,27H,2-4,9-10H2,1H3. The molecule has 0 spiro atoms. The van der Waals surface area contributed by atoms with Crippen molar-refractivity contribution in [2.45, 2.75) is 44.9 Å². The molecule has 0 aliphatic heterocycles. The summed E-state index contributed by atoms with van der Waals surface area (Å²) < 4.78 is 31.0. The van der Waals surface area contributed by atoms with Crippen LogP contribution in [0.4, 0.5) is 8.78 Å². The summed E-state index contributed by atoms with van der Waals surface area (Å²) in [7, 11) is 0. The first-order valence-electron chi connectivity index (χ1n) is 17.5. The van der Waals surface area contributed by atoms with Crippen LogP contribution in [0.1, 0.15) is 49.1 Å². The minimum atomic E-state index is -0.500. The SMILES string of the molecule is Cc1cc(F)nc(-c2c3cc4ccccc4cc3c(-c3cccc(C4CCCCC4)c3)c3c4ccc(F)c5ccc6cccc(c23)c6c54)c1. The fourth-order valence-corrected chi connectivity index (χ4v) is 9.02. The van der Waals surface area contributed by atoms with Gasteiger partial charge in [0.1, 0.15) is 5.82 Å². The Morgan fingerprint density at radius 1 is 0.531 bits per heavy atom. The van der Waals surface area contributed by atoms with E-state index in [1.807, 2.05) is 31.2 Å². The van der Waals surface area contributed by atoms with Gasteiger partial charge in [-0.25, -0.2) is 9.37 Å². The molecule has 1 aliphatic rings. The summed E-state index contributed by atoms with van der Waals surface area (Å²) in [5.41, 5.74) is 5.99. The van der Waals surface area contributed by atoms with Crippen LogP contribution >= 0.6 is 0 Å². The molecule has 1 saturated carbocycles. The molecule has 0 amide bonds. The van der Waals surface area contributed by atoms with E-state index in [0.717, 1.165) is 81.5 Å². The summed E-state index contributed by atoms with van der Waals surface area (Å²) >= 11 is 0. The predicted molar refractivity (Wildman–Crippen MR) is 202 cm³/mol. The summed E-state index contributed by atoms with van der Waals surface area (Å²) in [6.07, 6.45) is 6.27. The maximum Gasteiger partial charge on any atom is 0.213 e. The number of benzene rings is 8. The Morgan fingerprint density at radius 3 is 2.02 bits per heavy atom. The van der Waals surface area contributed by atoms with Crippen molar-refractivity contribution in [1.82, 2.24) is 4.98 Å². The molecule has 1 nitrogen and oxygen atoms in total. The van der Waals surface area contributed by atoms with Gasteiger partial charge in [0.25, 0.3) is 0 Å². The van der Waals surface area contributed by atoms with E-state index >= 15 is 8.78 Å². The number of aromatic nitrogens is 1. The Morgan fingerprint density at radius 2 is 1.22 bits per heavy atom. The normalized spacial score (nSPS) is 14.3. The van der Waals surface area contributed by atoms with E-state index in [1.54, 1.807) is 6.07 Å². The fourth-order valence-electron chi connectivity index (χ4n) is 9.02. The summed E-state index contributed by atoms with van der Waals surface area (Å²) in [5.74, 6) is -0.183. The van der Waals surface area contributed by atoms with E-state index in [-0.39, 0.29) is 5.82 Å². The van der Waals surface area contributed by atoms with Gasteiger partial charge in [0.05, 0.1) is 5.69 Å². The summed E-state index contributed by atoms with van der Waals surface area (Å²) in [5, 5.41) is 12.1. The number of hydrogen-bond acceptors (Lipinski definition) is 1. The molecule has 1 aromatic heterocycles. The first-order chi connectivity index (χ1) is 24.0. The Balaban J connectivity index is 1.50. The van der Waals surface area contributed by atoms with E-state index in [2.05, 4.69) is 83.8 Å². The van der Waals surface area contributed by atoms with Gasteiger partial charge in [-0.1, -0.05) is 104 Å². The number of fused-ring (bicyclic) bond motifs is 5. The van der Waals surface area contributed by atoms with Gasteiger partial charge in [0, 0.05) is 21.7 Å². The quantitative estimate of drug-likeness (QED) is 0.107. The lowest BCUT2D eigenvalue weighted by Gasteiger charge is -2.25.